The minimum absolute atomic E-state index is 0. The summed E-state index contributed by atoms with van der Waals surface area (Å²) in [5.41, 5.74) is 1.91. The molecule has 1 aliphatic heterocycles. The predicted molar refractivity (Wildman–Crippen MR) is 96.2 cm³/mol. The Hall–Kier alpha value is -0.650. The molecule has 0 spiro atoms. The van der Waals surface area contributed by atoms with Crippen LogP contribution in [-0.4, -0.2) is 31.1 Å². The number of benzene rings is 1. The Bertz CT molecular complexity index is 572. The van der Waals surface area contributed by atoms with E-state index in [1.165, 1.54) is 4.88 Å². The van der Waals surface area contributed by atoms with Gasteiger partial charge in [0.1, 0.15) is 5.82 Å². The highest BCUT2D eigenvalue weighted by atomic mass is 35.5. The van der Waals surface area contributed by atoms with E-state index in [9.17, 15) is 4.39 Å². The second kappa shape index (κ2) is 8.85. The summed E-state index contributed by atoms with van der Waals surface area (Å²) < 4.78 is 14.3. The average molecular weight is 363 g/mol. The van der Waals surface area contributed by atoms with E-state index in [0.717, 1.165) is 37.3 Å². The van der Waals surface area contributed by atoms with Gasteiger partial charge in [0.2, 0.25) is 0 Å². The Morgan fingerprint density at radius 1 is 1.18 bits per heavy atom. The molecule has 3 rings (SSSR count). The first-order valence-electron chi connectivity index (χ1n) is 7.00. The van der Waals surface area contributed by atoms with Gasteiger partial charge < -0.3 is 5.32 Å². The van der Waals surface area contributed by atoms with Crippen molar-refractivity contribution in [2.45, 2.75) is 13.0 Å². The van der Waals surface area contributed by atoms with Crippen LogP contribution in [-0.2, 0) is 0 Å². The number of rotatable bonds is 3. The van der Waals surface area contributed by atoms with E-state index >= 15 is 0 Å². The molecule has 2 aromatic rings. The van der Waals surface area contributed by atoms with Crippen molar-refractivity contribution in [3.63, 3.8) is 0 Å². The third-order valence-corrected chi connectivity index (χ3v) is 4.70. The normalized spacial score (nSPS) is 16.5. The Kier molecular flexibility index (Phi) is 7.80. The second-order valence-corrected chi connectivity index (χ2v) is 6.21. The van der Waals surface area contributed by atoms with Gasteiger partial charge in [0.25, 0.3) is 0 Å². The lowest BCUT2D eigenvalue weighted by atomic mass is 10.00. The molecule has 122 valence electrons. The van der Waals surface area contributed by atoms with E-state index in [4.69, 9.17) is 0 Å². The van der Waals surface area contributed by atoms with Crippen molar-refractivity contribution in [2.75, 3.05) is 26.2 Å². The van der Waals surface area contributed by atoms with Gasteiger partial charge in [-0.3, -0.25) is 4.90 Å². The molecule has 0 unspecified atom stereocenters. The maximum absolute atomic E-state index is 14.3. The third kappa shape index (κ3) is 4.21. The molecule has 1 N–H and O–H groups in total. The number of piperazine rings is 1. The van der Waals surface area contributed by atoms with Crippen LogP contribution >= 0.6 is 36.2 Å². The van der Waals surface area contributed by atoms with Crippen molar-refractivity contribution in [3.05, 3.63) is 57.5 Å². The highest BCUT2D eigenvalue weighted by molar-refractivity contribution is 7.10. The first kappa shape index (κ1) is 19.4. The molecule has 6 heteroatoms. The SMILES string of the molecule is Cc1ccc(F)c([C@@H](c2cccs2)N2CCNCC2)c1.Cl.Cl. The third-order valence-electron chi connectivity index (χ3n) is 3.78. The first-order valence-corrected chi connectivity index (χ1v) is 7.88. The van der Waals surface area contributed by atoms with Gasteiger partial charge in [0.05, 0.1) is 6.04 Å². The van der Waals surface area contributed by atoms with Crippen molar-refractivity contribution < 1.29 is 4.39 Å². The fourth-order valence-corrected chi connectivity index (χ4v) is 3.67. The van der Waals surface area contributed by atoms with Crippen LogP contribution in [0.2, 0.25) is 0 Å². The van der Waals surface area contributed by atoms with Gasteiger partial charge in [-0.2, -0.15) is 0 Å². The summed E-state index contributed by atoms with van der Waals surface area (Å²) in [5.74, 6) is -0.104. The smallest absolute Gasteiger partial charge is 0.128 e. The highest BCUT2D eigenvalue weighted by Crippen LogP contribution is 2.33. The van der Waals surface area contributed by atoms with Crippen LogP contribution in [0.5, 0.6) is 0 Å². The van der Waals surface area contributed by atoms with Crippen molar-refractivity contribution in [1.82, 2.24) is 10.2 Å². The molecular weight excluding hydrogens is 342 g/mol. The van der Waals surface area contributed by atoms with Crippen molar-refractivity contribution in [1.29, 1.82) is 0 Å². The van der Waals surface area contributed by atoms with Gasteiger partial charge in [-0.1, -0.05) is 23.8 Å². The van der Waals surface area contributed by atoms with Crippen molar-refractivity contribution in [2.24, 2.45) is 0 Å². The topological polar surface area (TPSA) is 15.3 Å². The summed E-state index contributed by atoms with van der Waals surface area (Å²) >= 11 is 1.71. The number of thiophene rings is 1. The Morgan fingerprint density at radius 3 is 2.55 bits per heavy atom. The molecule has 1 atom stereocenters. The number of nitrogens with one attached hydrogen (secondary N) is 1. The molecule has 1 aliphatic rings. The fourth-order valence-electron chi connectivity index (χ4n) is 2.79. The Morgan fingerprint density at radius 2 is 1.91 bits per heavy atom. The summed E-state index contributed by atoms with van der Waals surface area (Å²) in [4.78, 5) is 3.59. The molecule has 1 saturated heterocycles. The summed E-state index contributed by atoms with van der Waals surface area (Å²) in [6, 6.07) is 9.61. The van der Waals surface area contributed by atoms with Gasteiger partial charge in [0, 0.05) is 36.6 Å². The Balaban J connectivity index is 0.00000121. The largest absolute Gasteiger partial charge is 0.314 e. The highest BCUT2D eigenvalue weighted by Gasteiger charge is 2.26. The van der Waals surface area contributed by atoms with E-state index in [0.29, 0.717) is 0 Å². The maximum atomic E-state index is 14.3. The molecule has 0 bridgehead atoms. The zero-order chi connectivity index (χ0) is 13.9. The molecule has 2 nitrogen and oxygen atoms in total. The monoisotopic (exact) mass is 362 g/mol. The number of nitrogens with zero attached hydrogens (tertiary/aromatic N) is 1. The minimum atomic E-state index is -0.104. The lowest BCUT2D eigenvalue weighted by Crippen LogP contribution is -2.45. The van der Waals surface area contributed by atoms with Gasteiger partial charge >= 0.3 is 0 Å². The average Bonchev–Trinajstić information content (AvgIpc) is 2.98. The Labute approximate surface area is 147 Å². The van der Waals surface area contributed by atoms with E-state index < -0.39 is 0 Å². The molecule has 1 fully saturated rings. The van der Waals surface area contributed by atoms with Crippen LogP contribution in [0.15, 0.2) is 35.7 Å². The molecule has 0 amide bonds. The van der Waals surface area contributed by atoms with Gasteiger partial charge in [-0.25, -0.2) is 4.39 Å². The van der Waals surface area contributed by atoms with Crippen molar-refractivity contribution in [3.8, 4) is 0 Å². The fraction of sp³-hybridized carbons (Fsp3) is 0.375. The molecule has 1 aromatic heterocycles. The number of hydrogen-bond acceptors (Lipinski definition) is 3. The van der Waals surface area contributed by atoms with E-state index in [1.54, 1.807) is 17.4 Å². The van der Waals surface area contributed by atoms with Crippen LogP contribution in [0, 0.1) is 12.7 Å². The zero-order valence-electron chi connectivity index (χ0n) is 12.4. The molecule has 0 aliphatic carbocycles. The first-order chi connectivity index (χ1) is 9.75. The number of halogens is 3. The predicted octanol–water partition coefficient (Wildman–Crippen LogP) is 4.03. The molecule has 0 saturated carbocycles. The summed E-state index contributed by atoms with van der Waals surface area (Å²) in [5, 5.41) is 5.43. The van der Waals surface area contributed by atoms with Gasteiger partial charge in [-0.05, 0) is 24.4 Å². The quantitative estimate of drug-likeness (QED) is 0.886. The summed E-state index contributed by atoms with van der Waals surface area (Å²) in [6.07, 6.45) is 0. The van der Waals surface area contributed by atoms with Crippen LogP contribution in [0.3, 0.4) is 0 Å². The molecule has 0 radical (unpaired) electrons. The maximum Gasteiger partial charge on any atom is 0.128 e. The summed E-state index contributed by atoms with van der Waals surface area (Å²) in [7, 11) is 0. The van der Waals surface area contributed by atoms with E-state index in [-0.39, 0.29) is 36.7 Å². The van der Waals surface area contributed by atoms with Gasteiger partial charge in [0.15, 0.2) is 0 Å². The lowest BCUT2D eigenvalue weighted by Gasteiger charge is -2.35. The van der Waals surface area contributed by atoms with E-state index in [1.807, 2.05) is 25.1 Å². The summed E-state index contributed by atoms with van der Waals surface area (Å²) in [6.45, 7) is 5.86. The van der Waals surface area contributed by atoms with Crippen LogP contribution in [0.25, 0.3) is 0 Å². The lowest BCUT2D eigenvalue weighted by molar-refractivity contribution is 0.197. The second-order valence-electron chi connectivity index (χ2n) is 5.23. The zero-order valence-corrected chi connectivity index (χ0v) is 14.9. The molecule has 1 aromatic carbocycles. The number of hydrogen-bond donors (Lipinski definition) is 1. The molecule has 2 heterocycles. The molecule has 22 heavy (non-hydrogen) atoms. The van der Waals surface area contributed by atoms with Gasteiger partial charge in [-0.15, -0.1) is 36.2 Å². The standard InChI is InChI=1S/C16H19FN2S.2ClH/c1-12-4-5-14(17)13(11-12)16(15-3-2-10-20-15)19-8-6-18-7-9-19;;/h2-5,10-11,16,18H,6-9H2,1H3;2*1H/t16-;;/m0../s1. The van der Waals surface area contributed by atoms with Crippen LogP contribution in [0.1, 0.15) is 22.0 Å². The van der Waals surface area contributed by atoms with Crippen LogP contribution < -0.4 is 5.32 Å². The molecular formula is C16H21Cl2FN2S. The van der Waals surface area contributed by atoms with E-state index in [2.05, 4.69) is 21.7 Å². The van der Waals surface area contributed by atoms with Crippen molar-refractivity contribution >= 4 is 36.2 Å². The number of aryl methyl sites for hydroxylation is 1. The minimum Gasteiger partial charge on any atom is -0.314 e. The van der Waals surface area contributed by atoms with Crippen LogP contribution in [0.4, 0.5) is 4.39 Å².